The monoisotopic (exact) mass is 327 g/mol. The lowest BCUT2D eigenvalue weighted by Gasteiger charge is -2.01. The molecule has 0 aliphatic rings. The Bertz CT molecular complexity index is 705. The van der Waals surface area contributed by atoms with E-state index in [0.717, 1.165) is 5.38 Å². The van der Waals surface area contributed by atoms with Crippen LogP contribution in [0.4, 0.5) is 13.2 Å². The maximum absolute atomic E-state index is 12.4. The summed E-state index contributed by atoms with van der Waals surface area (Å²) >= 11 is 0.650. The zero-order valence-corrected chi connectivity index (χ0v) is 11.6. The van der Waals surface area contributed by atoms with Crippen molar-refractivity contribution < 1.29 is 26.2 Å². The van der Waals surface area contributed by atoms with Gasteiger partial charge in [0.15, 0.2) is 15.5 Å². The number of alkyl halides is 3. The highest BCUT2D eigenvalue weighted by Gasteiger charge is 2.34. The van der Waals surface area contributed by atoms with Crippen LogP contribution in [-0.2, 0) is 27.5 Å². The molecule has 0 N–H and O–H groups in total. The minimum Gasteiger partial charge on any atom is -0.244 e. The molecule has 110 valence electrons. The lowest BCUT2D eigenvalue weighted by molar-refractivity contribution is -0.140. The van der Waals surface area contributed by atoms with E-state index >= 15 is 0 Å². The van der Waals surface area contributed by atoms with Crippen LogP contribution in [0.2, 0.25) is 0 Å². The molecule has 0 aliphatic carbocycles. The first-order valence-electron chi connectivity index (χ1n) is 5.17. The maximum atomic E-state index is 12.4. The van der Waals surface area contributed by atoms with Crippen LogP contribution in [0.3, 0.4) is 0 Å². The first kappa shape index (κ1) is 14.9. The van der Waals surface area contributed by atoms with Crippen molar-refractivity contribution in [2.24, 2.45) is 0 Å². The fraction of sp³-hybridized carbons (Fsp3) is 0.444. The summed E-state index contributed by atoms with van der Waals surface area (Å²) < 4.78 is 65.1. The van der Waals surface area contributed by atoms with Gasteiger partial charge >= 0.3 is 6.18 Å². The highest BCUT2D eigenvalue weighted by Crippen LogP contribution is 2.30. The number of sulfone groups is 1. The summed E-state index contributed by atoms with van der Waals surface area (Å²) in [6, 6.07) is 0. The van der Waals surface area contributed by atoms with E-state index < -0.39 is 33.2 Å². The third-order valence-electron chi connectivity index (χ3n) is 2.29. The Kier molecular flexibility index (Phi) is 3.82. The molecule has 6 nitrogen and oxygen atoms in total. The van der Waals surface area contributed by atoms with E-state index in [2.05, 4.69) is 19.9 Å². The van der Waals surface area contributed by atoms with Crippen LogP contribution in [0.5, 0.6) is 0 Å². The van der Waals surface area contributed by atoms with Crippen molar-refractivity contribution in [1.82, 2.24) is 15.3 Å². The highest BCUT2D eigenvalue weighted by molar-refractivity contribution is 7.89. The van der Waals surface area contributed by atoms with Crippen LogP contribution >= 0.6 is 11.3 Å². The van der Waals surface area contributed by atoms with E-state index in [0.29, 0.717) is 17.0 Å². The number of thiazole rings is 1. The van der Waals surface area contributed by atoms with Crippen LogP contribution in [0.25, 0.3) is 0 Å². The van der Waals surface area contributed by atoms with Crippen molar-refractivity contribution in [3.05, 3.63) is 27.5 Å². The fourth-order valence-electron chi connectivity index (χ4n) is 1.34. The van der Waals surface area contributed by atoms with Gasteiger partial charge in [0.1, 0.15) is 22.1 Å². The van der Waals surface area contributed by atoms with Gasteiger partial charge in [-0.1, -0.05) is 10.3 Å². The van der Waals surface area contributed by atoms with Crippen molar-refractivity contribution >= 4 is 21.2 Å². The molecule has 0 saturated heterocycles. The van der Waals surface area contributed by atoms with Gasteiger partial charge in [-0.05, 0) is 6.92 Å². The fourth-order valence-corrected chi connectivity index (χ4v) is 3.95. The number of halogens is 3. The van der Waals surface area contributed by atoms with Crippen LogP contribution in [0, 0.1) is 6.92 Å². The molecule has 2 aromatic heterocycles. The predicted octanol–water partition coefficient (Wildman–Crippen LogP) is 1.97. The molecule has 2 aromatic rings. The van der Waals surface area contributed by atoms with Gasteiger partial charge in [-0.15, -0.1) is 11.3 Å². The molecule has 0 spiro atoms. The molecule has 0 fully saturated rings. The molecule has 2 rings (SSSR count). The quantitative estimate of drug-likeness (QED) is 0.853. The van der Waals surface area contributed by atoms with Gasteiger partial charge in [0.25, 0.3) is 0 Å². The van der Waals surface area contributed by atoms with Gasteiger partial charge < -0.3 is 0 Å². The molecular formula is C9H8F3N3O3S2. The Hall–Kier alpha value is -1.49. The van der Waals surface area contributed by atoms with Crippen molar-refractivity contribution in [3.63, 3.8) is 0 Å². The molecule has 11 heteroatoms. The molecule has 0 radical (unpaired) electrons. The maximum Gasteiger partial charge on any atom is 0.434 e. The largest absolute Gasteiger partial charge is 0.434 e. The molecular weight excluding hydrogens is 319 g/mol. The molecule has 2 heterocycles. The first-order chi connectivity index (χ1) is 9.17. The second-order valence-electron chi connectivity index (χ2n) is 3.95. The van der Waals surface area contributed by atoms with Crippen LogP contribution in [0.1, 0.15) is 22.1 Å². The normalized spacial score (nSPS) is 12.8. The average molecular weight is 327 g/mol. The molecule has 0 unspecified atom stereocenters. The number of hydrogen-bond donors (Lipinski definition) is 0. The second kappa shape index (κ2) is 5.13. The topological polar surface area (TPSA) is 86.0 Å². The zero-order valence-electron chi connectivity index (χ0n) is 10.0. The first-order valence-corrected chi connectivity index (χ1v) is 7.87. The van der Waals surface area contributed by atoms with Crippen molar-refractivity contribution in [2.45, 2.75) is 24.6 Å². The number of nitrogens with zero attached hydrogens (tertiary/aromatic N) is 3. The van der Waals surface area contributed by atoms with Crippen molar-refractivity contribution in [3.8, 4) is 0 Å². The van der Waals surface area contributed by atoms with Crippen molar-refractivity contribution in [1.29, 1.82) is 0 Å². The lowest BCUT2D eigenvalue weighted by atomic mass is 10.4. The summed E-state index contributed by atoms with van der Waals surface area (Å²) in [5.41, 5.74) is -0.631. The van der Waals surface area contributed by atoms with Gasteiger partial charge in [-0.3, -0.25) is 0 Å². The standard InChI is InChI=1S/C9H8F3N3O3S2/c1-5-6(15-18-14-5)3-20(16,17)4-8-13-7(2-19-8)9(10,11)12/h2H,3-4H2,1H3. The summed E-state index contributed by atoms with van der Waals surface area (Å²) in [6.07, 6.45) is -4.58. The van der Waals surface area contributed by atoms with Gasteiger partial charge in [0.05, 0.1) is 5.75 Å². The Balaban J connectivity index is 2.13. The Morgan fingerprint density at radius 1 is 1.30 bits per heavy atom. The third kappa shape index (κ3) is 3.54. The van der Waals surface area contributed by atoms with E-state index in [-0.39, 0.29) is 10.7 Å². The van der Waals surface area contributed by atoms with E-state index in [1.54, 1.807) is 0 Å². The minimum atomic E-state index is -4.58. The molecule has 0 bridgehead atoms. The summed E-state index contributed by atoms with van der Waals surface area (Å²) in [7, 11) is -3.69. The molecule has 0 aromatic carbocycles. The summed E-state index contributed by atoms with van der Waals surface area (Å²) in [5, 5.41) is 7.52. The van der Waals surface area contributed by atoms with Crippen LogP contribution in [-0.4, -0.2) is 23.7 Å². The lowest BCUT2D eigenvalue weighted by Crippen LogP contribution is -2.10. The highest BCUT2D eigenvalue weighted by atomic mass is 32.2. The summed E-state index contributed by atoms with van der Waals surface area (Å²) in [5.74, 6) is -1.04. The Morgan fingerprint density at radius 3 is 2.50 bits per heavy atom. The van der Waals surface area contributed by atoms with Gasteiger partial charge in [-0.25, -0.2) is 18.0 Å². The average Bonchev–Trinajstić information content (AvgIpc) is 2.87. The SMILES string of the molecule is Cc1nonc1CS(=O)(=O)Cc1nc(C(F)(F)F)cs1. The van der Waals surface area contributed by atoms with E-state index in [1.165, 1.54) is 6.92 Å². The van der Waals surface area contributed by atoms with Crippen molar-refractivity contribution in [2.75, 3.05) is 0 Å². The van der Waals surface area contributed by atoms with Gasteiger partial charge in [0, 0.05) is 5.38 Å². The molecule has 0 saturated carbocycles. The minimum absolute atomic E-state index is 0.119. The summed E-state index contributed by atoms with van der Waals surface area (Å²) in [4.78, 5) is 3.27. The molecule has 0 atom stereocenters. The van der Waals surface area contributed by atoms with Crippen LogP contribution < -0.4 is 0 Å². The third-order valence-corrected chi connectivity index (χ3v) is 4.75. The second-order valence-corrected chi connectivity index (χ2v) is 6.96. The molecule has 20 heavy (non-hydrogen) atoms. The van der Waals surface area contributed by atoms with Gasteiger partial charge in [-0.2, -0.15) is 13.2 Å². The van der Waals surface area contributed by atoms with E-state index in [1.807, 2.05) is 0 Å². The van der Waals surface area contributed by atoms with E-state index in [9.17, 15) is 21.6 Å². The Morgan fingerprint density at radius 2 is 2.00 bits per heavy atom. The number of aromatic nitrogens is 3. The Labute approximate surface area is 115 Å². The smallest absolute Gasteiger partial charge is 0.244 e. The molecule has 0 amide bonds. The number of aryl methyl sites for hydroxylation is 1. The van der Waals surface area contributed by atoms with Gasteiger partial charge in [0.2, 0.25) is 0 Å². The molecule has 0 aliphatic heterocycles. The van der Waals surface area contributed by atoms with E-state index in [4.69, 9.17) is 0 Å². The number of rotatable bonds is 4. The van der Waals surface area contributed by atoms with Crippen LogP contribution in [0.15, 0.2) is 10.0 Å². The number of hydrogen-bond acceptors (Lipinski definition) is 7. The summed E-state index contributed by atoms with van der Waals surface area (Å²) in [6.45, 7) is 1.52. The zero-order chi connectivity index (χ0) is 15.0. The predicted molar refractivity (Wildman–Crippen MR) is 62.5 cm³/mol.